The average Bonchev–Trinajstić information content (AvgIpc) is 3.03. The molecule has 0 radical (unpaired) electrons. The molecule has 3 nitrogen and oxygen atoms in total. The largest absolute Gasteiger partial charge is 0.447 e. The molecule has 1 atom stereocenters. The number of hydrogen-bond acceptors (Lipinski definition) is 5. The molecule has 2 heterocycles. The summed E-state index contributed by atoms with van der Waals surface area (Å²) in [6, 6.07) is 8.01. The fourth-order valence-electron chi connectivity index (χ4n) is 1.42. The Morgan fingerprint density at radius 2 is 2.26 bits per heavy atom. The van der Waals surface area contributed by atoms with Gasteiger partial charge in [0.25, 0.3) is 0 Å². The highest BCUT2D eigenvalue weighted by molar-refractivity contribution is 7.21. The normalized spacial score (nSPS) is 11.5. The number of aliphatic hydroxyl groups excluding tert-OH is 1. The third kappa shape index (κ3) is 3.93. The van der Waals surface area contributed by atoms with Gasteiger partial charge in [-0.1, -0.05) is 12.0 Å². The molecule has 1 N–H and O–H groups in total. The van der Waals surface area contributed by atoms with Gasteiger partial charge in [0.1, 0.15) is 0 Å². The lowest BCUT2D eigenvalue weighted by Crippen LogP contribution is -2.18. The van der Waals surface area contributed by atoms with Crippen LogP contribution in [-0.2, 0) is 9.53 Å². The van der Waals surface area contributed by atoms with Crippen molar-refractivity contribution in [3.05, 3.63) is 34.5 Å². The van der Waals surface area contributed by atoms with Crippen LogP contribution in [0.1, 0.15) is 11.8 Å². The molecule has 0 unspecified atom stereocenters. The monoisotopic (exact) mass is 292 g/mol. The Hall–Kier alpha value is -1.61. The van der Waals surface area contributed by atoms with Crippen LogP contribution in [-0.4, -0.2) is 23.8 Å². The van der Waals surface area contributed by atoms with E-state index in [1.54, 1.807) is 22.7 Å². The molecule has 0 saturated carbocycles. The molecule has 0 fully saturated rings. The van der Waals surface area contributed by atoms with Gasteiger partial charge in [-0.3, -0.25) is 4.79 Å². The zero-order chi connectivity index (χ0) is 13.7. The Labute approximate surface area is 119 Å². The predicted molar refractivity (Wildman–Crippen MR) is 77.1 cm³/mol. The van der Waals surface area contributed by atoms with E-state index in [-0.39, 0.29) is 6.61 Å². The lowest BCUT2D eigenvalue weighted by molar-refractivity contribution is -0.145. The fraction of sp³-hybridized carbons (Fsp3) is 0.214. The Bertz CT molecular complexity index is 602. The van der Waals surface area contributed by atoms with Gasteiger partial charge in [-0.2, -0.15) is 0 Å². The number of thiophene rings is 2. The second-order valence-corrected chi connectivity index (χ2v) is 5.72. The number of carbonyl (C=O) groups is 1. The van der Waals surface area contributed by atoms with Crippen molar-refractivity contribution in [2.75, 3.05) is 6.61 Å². The smallest absolute Gasteiger partial charge is 0.303 e. The number of rotatable bonds is 3. The van der Waals surface area contributed by atoms with E-state index in [0.717, 1.165) is 9.75 Å². The summed E-state index contributed by atoms with van der Waals surface area (Å²) in [5.41, 5.74) is 0. The van der Waals surface area contributed by atoms with Gasteiger partial charge in [0, 0.05) is 16.7 Å². The second-order valence-electron chi connectivity index (χ2n) is 3.69. The van der Waals surface area contributed by atoms with E-state index >= 15 is 0 Å². The van der Waals surface area contributed by atoms with Crippen molar-refractivity contribution in [3.63, 3.8) is 0 Å². The Kier molecular flexibility index (Phi) is 4.74. The van der Waals surface area contributed by atoms with E-state index in [4.69, 9.17) is 9.84 Å². The third-order valence-corrected chi connectivity index (χ3v) is 4.27. The van der Waals surface area contributed by atoms with Crippen LogP contribution >= 0.6 is 22.7 Å². The number of ether oxygens (including phenoxy) is 1. The average molecular weight is 292 g/mol. The number of esters is 1. The van der Waals surface area contributed by atoms with Crippen LogP contribution in [0.5, 0.6) is 0 Å². The second kappa shape index (κ2) is 6.53. The summed E-state index contributed by atoms with van der Waals surface area (Å²) in [5.74, 6) is 5.22. The predicted octanol–water partition coefficient (Wildman–Crippen LogP) is 2.75. The summed E-state index contributed by atoms with van der Waals surface area (Å²) in [4.78, 5) is 14.0. The van der Waals surface area contributed by atoms with Crippen molar-refractivity contribution >= 4 is 28.6 Å². The first kappa shape index (κ1) is 13.8. The molecule has 0 aliphatic carbocycles. The molecule has 0 bridgehead atoms. The van der Waals surface area contributed by atoms with Crippen molar-refractivity contribution in [1.82, 2.24) is 0 Å². The summed E-state index contributed by atoms with van der Waals surface area (Å²) in [6.45, 7) is 1.00. The molecule has 0 amide bonds. The topological polar surface area (TPSA) is 46.5 Å². The summed E-state index contributed by atoms with van der Waals surface area (Å²) >= 11 is 3.26. The maximum Gasteiger partial charge on any atom is 0.303 e. The van der Waals surface area contributed by atoms with E-state index in [2.05, 4.69) is 17.9 Å². The minimum absolute atomic E-state index is 0.296. The van der Waals surface area contributed by atoms with Crippen molar-refractivity contribution in [2.45, 2.75) is 13.0 Å². The third-order valence-electron chi connectivity index (χ3n) is 2.20. The van der Waals surface area contributed by atoms with E-state index < -0.39 is 12.1 Å². The molecule has 0 spiro atoms. The van der Waals surface area contributed by atoms with Crippen LogP contribution in [0.4, 0.5) is 0 Å². The zero-order valence-electron chi connectivity index (χ0n) is 10.3. The highest BCUT2D eigenvalue weighted by atomic mass is 32.1. The van der Waals surface area contributed by atoms with Gasteiger partial charge in [-0.15, -0.1) is 22.7 Å². The van der Waals surface area contributed by atoms with Gasteiger partial charge in [-0.25, -0.2) is 0 Å². The van der Waals surface area contributed by atoms with E-state index in [1.165, 1.54) is 11.8 Å². The Balaban J connectivity index is 2.10. The summed E-state index contributed by atoms with van der Waals surface area (Å²) < 4.78 is 4.84. The van der Waals surface area contributed by atoms with Crippen LogP contribution < -0.4 is 0 Å². The Morgan fingerprint density at radius 1 is 1.42 bits per heavy atom. The fourth-order valence-corrected chi connectivity index (χ4v) is 3.12. The highest BCUT2D eigenvalue weighted by Gasteiger charge is 2.06. The maximum absolute atomic E-state index is 10.8. The first-order valence-corrected chi connectivity index (χ1v) is 7.32. The van der Waals surface area contributed by atoms with Crippen LogP contribution in [0.25, 0.3) is 9.75 Å². The molecule has 2 rings (SSSR count). The van der Waals surface area contributed by atoms with Crippen molar-refractivity contribution in [3.8, 4) is 21.6 Å². The lowest BCUT2D eigenvalue weighted by Gasteiger charge is -2.05. The molecule has 0 aromatic carbocycles. The molecule has 2 aromatic rings. The quantitative estimate of drug-likeness (QED) is 0.699. The molecule has 0 saturated heterocycles. The first-order chi connectivity index (χ1) is 9.19. The van der Waals surface area contributed by atoms with E-state index in [0.29, 0.717) is 0 Å². The molecular weight excluding hydrogens is 280 g/mol. The van der Waals surface area contributed by atoms with Crippen molar-refractivity contribution in [2.24, 2.45) is 0 Å². The van der Waals surface area contributed by atoms with Crippen LogP contribution in [0, 0.1) is 11.8 Å². The molecule has 0 aliphatic rings. The zero-order valence-corrected chi connectivity index (χ0v) is 11.9. The van der Waals surface area contributed by atoms with Gasteiger partial charge in [0.15, 0.2) is 6.10 Å². The van der Waals surface area contributed by atoms with E-state index in [9.17, 15) is 4.79 Å². The number of hydrogen-bond donors (Lipinski definition) is 1. The van der Waals surface area contributed by atoms with Gasteiger partial charge in [0.2, 0.25) is 0 Å². The summed E-state index contributed by atoms with van der Waals surface area (Å²) in [6.07, 6.45) is -0.759. The number of carbonyl (C=O) groups excluding carboxylic acids is 1. The van der Waals surface area contributed by atoms with Gasteiger partial charge < -0.3 is 9.84 Å². The van der Waals surface area contributed by atoms with Crippen molar-refractivity contribution < 1.29 is 14.6 Å². The SMILES string of the molecule is CC(=O)O[C@@H](C#Cc1ccc(-c2cccs2)s1)CO. The van der Waals surface area contributed by atoms with Crippen molar-refractivity contribution in [1.29, 1.82) is 0 Å². The van der Waals surface area contributed by atoms with E-state index in [1.807, 2.05) is 23.6 Å². The van der Waals surface area contributed by atoms with Gasteiger partial charge >= 0.3 is 5.97 Å². The summed E-state index contributed by atoms with van der Waals surface area (Å²) in [5, 5.41) is 11.1. The Morgan fingerprint density at radius 3 is 2.89 bits per heavy atom. The molecular formula is C14H12O3S2. The minimum Gasteiger partial charge on any atom is -0.447 e. The maximum atomic E-state index is 10.8. The number of aliphatic hydroxyl groups is 1. The van der Waals surface area contributed by atoms with Crippen LogP contribution in [0.3, 0.4) is 0 Å². The van der Waals surface area contributed by atoms with Crippen LogP contribution in [0.15, 0.2) is 29.6 Å². The molecule has 0 aliphatic heterocycles. The molecule has 98 valence electrons. The molecule has 2 aromatic heterocycles. The molecule has 5 heteroatoms. The van der Waals surface area contributed by atoms with Gasteiger partial charge in [-0.05, 0) is 29.5 Å². The summed E-state index contributed by atoms with van der Waals surface area (Å²) in [7, 11) is 0. The first-order valence-electron chi connectivity index (χ1n) is 5.62. The standard InChI is InChI=1S/C14H12O3S2/c1-10(16)17-11(9-15)4-5-12-6-7-14(19-12)13-3-2-8-18-13/h2-3,6-8,11,15H,9H2,1H3/t11-/m0/s1. The lowest BCUT2D eigenvalue weighted by atomic mass is 10.3. The molecule has 19 heavy (non-hydrogen) atoms. The van der Waals surface area contributed by atoms with Gasteiger partial charge in [0.05, 0.1) is 11.5 Å². The minimum atomic E-state index is -0.759. The van der Waals surface area contributed by atoms with Crippen LogP contribution in [0.2, 0.25) is 0 Å². The highest BCUT2D eigenvalue weighted by Crippen LogP contribution is 2.30.